The van der Waals surface area contributed by atoms with Crippen LogP contribution >= 0.6 is 0 Å². The molecule has 1 N–H and O–H groups in total. The van der Waals surface area contributed by atoms with Gasteiger partial charge in [-0.2, -0.15) is 0 Å². The van der Waals surface area contributed by atoms with Crippen molar-refractivity contribution < 1.29 is 9.90 Å². The van der Waals surface area contributed by atoms with Gasteiger partial charge < -0.3 is 14.6 Å². The third kappa shape index (κ3) is 3.20. The normalized spacial score (nSPS) is 20.5. The Balaban J connectivity index is 1.99. The molecule has 5 heteroatoms. The van der Waals surface area contributed by atoms with E-state index in [1.165, 1.54) is 10.6 Å². The lowest BCUT2D eigenvalue weighted by Gasteiger charge is -2.20. The van der Waals surface area contributed by atoms with Crippen LogP contribution in [0.15, 0.2) is 29.2 Å². The maximum atomic E-state index is 12.1. The number of carbonyl (C=O) groups is 1. The molecule has 1 aromatic heterocycles. The van der Waals surface area contributed by atoms with Crippen LogP contribution in [0.5, 0.6) is 0 Å². The Kier molecular flexibility index (Phi) is 4.15. The van der Waals surface area contributed by atoms with Crippen molar-refractivity contribution in [3.05, 3.63) is 34.7 Å². The molecule has 98 valence electrons. The van der Waals surface area contributed by atoms with Crippen molar-refractivity contribution in [2.75, 3.05) is 13.1 Å². The molecular formula is C13H18N2O3. The second-order valence-corrected chi connectivity index (χ2v) is 4.63. The third-order valence-corrected chi connectivity index (χ3v) is 3.25. The monoisotopic (exact) mass is 250 g/mol. The van der Waals surface area contributed by atoms with Gasteiger partial charge in [-0.3, -0.25) is 9.59 Å². The van der Waals surface area contributed by atoms with Crippen LogP contribution in [0.4, 0.5) is 0 Å². The van der Waals surface area contributed by atoms with Gasteiger partial charge in [0, 0.05) is 25.4 Å². The van der Waals surface area contributed by atoms with E-state index in [0.29, 0.717) is 19.5 Å². The molecule has 1 aliphatic rings. The maximum Gasteiger partial charge on any atom is 0.250 e. The Morgan fingerprint density at radius 1 is 1.33 bits per heavy atom. The topological polar surface area (TPSA) is 62.5 Å². The fourth-order valence-electron chi connectivity index (χ4n) is 2.17. The van der Waals surface area contributed by atoms with Gasteiger partial charge in [-0.15, -0.1) is 0 Å². The molecule has 0 spiro atoms. The molecule has 2 rings (SSSR count). The zero-order valence-corrected chi connectivity index (χ0v) is 10.3. The van der Waals surface area contributed by atoms with Crippen LogP contribution in [-0.4, -0.2) is 39.7 Å². The molecular weight excluding hydrogens is 232 g/mol. The first-order valence-corrected chi connectivity index (χ1v) is 6.28. The SMILES string of the molecule is O=C(Cn1ccccc1=O)N1CCC[C@@H](O)CC1. The molecule has 2 heterocycles. The first kappa shape index (κ1) is 12.8. The molecule has 0 bridgehead atoms. The molecule has 0 radical (unpaired) electrons. The highest BCUT2D eigenvalue weighted by Gasteiger charge is 2.19. The van der Waals surface area contributed by atoms with Gasteiger partial charge in [-0.1, -0.05) is 6.07 Å². The summed E-state index contributed by atoms with van der Waals surface area (Å²) in [7, 11) is 0. The lowest BCUT2D eigenvalue weighted by molar-refractivity contribution is -0.131. The van der Waals surface area contributed by atoms with E-state index in [1.807, 2.05) is 0 Å². The van der Waals surface area contributed by atoms with Gasteiger partial charge in [0.25, 0.3) is 5.56 Å². The van der Waals surface area contributed by atoms with Crippen LogP contribution in [0.25, 0.3) is 0 Å². The number of aromatic nitrogens is 1. The Hall–Kier alpha value is -1.62. The van der Waals surface area contributed by atoms with Gasteiger partial charge in [0.05, 0.1) is 6.10 Å². The minimum Gasteiger partial charge on any atom is -0.393 e. The molecule has 1 aromatic rings. The average Bonchev–Trinajstić information content (AvgIpc) is 2.57. The quantitative estimate of drug-likeness (QED) is 0.817. The van der Waals surface area contributed by atoms with Crippen LogP contribution < -0.4 is 5.56 Å². The molecule has 1 amide bonds. The molecule has 1 saturated heterocycles. The second kappa shape index (κ2) is 5.82. The van der Waals surface area contributed by atoms with Crippen molar-refractivity contribution >= 4 is 5.91 Å². The number of aliphatic hydroxyl groups is 1. The Labute approximate surface area is 106 Å². The summed E-state index contributed by atoms with van der Waals surface area (Å²) < 4.78 is 1.41. The number of hydrogen-bond donors (Lipinski definition) is 1. The predicted octanol–water partition coefficient (Wildman–Crippen LogP) is 0.222. The van der Waals surface area contributed by atoms with Crippen molar-refractivity contribution in [3.8, 4) is 0 Å². The highest BCUT2D eigenvalue weighted by atomic mass is 16.3. The molecule has 0 saturated carbocycles. The zero-order valence-electron chi connectivity index (χ0n) is 10.3. The van der Waals surface area contributed by atoms with Gasteiger partial charge in [-0.05, 0) is 25.3 Å². The summed E-state index contributed by atoms with van der Waals surface area (Å²) in [6.45, 7) is 1.31. The Morgan fingerprint density at radius 2 is 2.17 bits per heavy atom. The van der Waals surface area contributed by atoms with E-state index in [9.17, 15) is 14.7 Å². The number of carbonyl (C=O) groups excluding carboxylic acids is 1. The molecule has 0 aromatic carbocycles. The van der Waals surface area contributed by atoms with E-state index in [2.05, 4.69) is 0 Å². The van der Waals surface area contributed by atoms with Gasteiger partial charge in [0.15, 0.2) is 0 Å². The first-order valence-electron chi connectivity index (χ1n) is 6.28. The predicted molar refractivity (Wildman–Crippen MR) is 67.1 cm³/mol. The number of amides is 1. The van der Waals surface area contributed by atoms with E-state index >= 15 is 0 Å². The molecule has 18 heavy (non-hydrogen) atoms. The number of rotatable bonds is 2. The molecule has 0 unspecified atom stereocenters. The zero-order chi connectivity index (χ0) is 13.0. The smallest absolute Gasteiger partial charge is 0.250 e. The molecule has 1 fully saturated rings. The summed E-state index contributed by atoms with van der Waals surface area (Å²) in [5.41, 5.74) is -0.166. The van der Waals surface area contributed by atoms with E-state index in [-0.39, 0.29) is 24.1 Å². The maximum absolute atomic E-state index is 12.1. The number of pyridine rings is 1. The van der Waals surface area contributed by atoms with Crippen molar-refractivity contribution in [1.82, 2.24) is 9.47 Å². The van der Waals surface area contributed by atoms with Gasteiger partial charge in [-0.25, -0.2) is 0 Å². The number of hydrogen-bond acceptors (Lipinski definition) is 3. The highest BCUT2D eigenvalue weighted by Crippen LogP contribution is 2.11. The summed E-state index contributed by atoms with van der Waals surface area (Å²) in [6.07, 6.45) is 3.50. The lowest BCUT2D eigenvalue weighted by atomic mass is 10.2. The fraction of sp³-hybridized carbons (Fsp3) is 0.538. The molecule has 1 aliphatic heterocycles. The summed E-state index contributed by atoms with van der Waals surface area (Å²) in [4.78, 5) is 25.3. The standard InChI is InChI=1S/C13H18N2O3/c16-11-4-3-8-14(9-6-11)13(18)10-15-7-2-1-5-12(15)17/h1-2,5,7,11,16H,3-4,6,8-10H2/t11-/m1/s1. The molecule has 0 aliphatic carbocycles. The first-order chi connectivity index (χ1) is 8.66. The van der Waals surface area contributed by atoms with Crippen molar-refractivity contribution in [2.45, 2.75) is 31.9 Å². The second-order valence-electron chi connectivity index (χ2n) is 4.63. The van der Waals surface area contributed by atoms with Gasteiger partial charge in [0.2, 0.25) is 5.91 Å². The van der Waals surface area contributed by atoms with E-state index in [4.69, 9.17) is 0 Å². The molecule has 1 atom stereocenters. The van der Waals surface area contributed by atoms with Crippen LogP contribution in [0.2, 0.25) is 0 Å². The van der Waals surface area contributed by atoms with Crippen LogP contribution in [-0.2, 0) is 11.3 Å². The third-order valence-electron chi connectivity index (χ3n) is 3.25. The van der Waals surface area contributed by atoms with Crippen LogP contribution in [0, 0.1) is 0 Å². The highest BCUT2D eigenvalue weighted by molar-refractivity contribution is 5.76. The average molecular weight is 250 g/mol. The largest absolute Gasteiger partial charge is 0.393 e. The molecule has 5 nitrogen and oxygen atoms in total. The summed E-state index contributed by atoms with van der Waals surface area (Å²) >= 11 is 0. The summed E-state index contributed by atoms with van der Waals surface area (Å²) in [6, 6.07) is 4.84. The van der Waals surface area contributed by atoms with Crippen LogP contribution in [0.1, 0.15) is 19.3 Å². The van der Waals surface area contributed by atoms with E-state index < -0.39 is 0 Å². The Bertz CT molecular complexity index is 469. The summed E-state index contributed by atoms with van der Waals surface area (Å²) in [5.74, 6) is -0.0580. The lowest BCUT2D eigenvalue weighted by Crippen LogP contribution is -2.37. The van der Waals surface area contributed by atoms with Crippen molar-refractivity contribution in [1.29, 1.82) is 0 Å². The van der Waals surface area contributed by atoms with E-state index in [1.54, 1.807) is 23.2 Å². The van der Waals surface area contributed by atoms with Crippen LogP contribution in [0.3, 0.4) is 0 Å². The minimum absolute atomic E-state index is 0.0580. The number of aliphatic hydroxyl groups excluding tert-OH is 1. The van der Waals surface area contributed by atoms with E-state index in [0.717, 1.165) is 12.8 Å². The fourth-order valence-corrected chi connectivity index (χ4v) is 2.17. The van der Waals surface area contributed by atoms with Crippen molar-refractivity contribution in [2.24, 2.45) is 0 Å². The van der Waals surface area contributed by atoms with Gasteiger partial charge in [0.1, 0.15) is 6.54 Å². The van der Waals surface area contributed by atoms with Crippen molar-refractivity contribution in [3.63, 3.8) is 0 Å². The summed E-state index contributed by atoms with van der Waals surface area (Å²) in [5, 5.41) is 9.53. The number of nitrogens with zero attached hydrogens (tertiary/aromatic N) is 2. The number of likely N-dealkylation sites (tertiary alicyclic amines) is 1. The Morgan fingerprint density at radius 3 is 2.94 bits per heavy atom. The van der Waals surface area contributed by atoms with Gasteiger partial charge >= 0.3 is 0 Å². The minimum atomic E-state index is -0.303.